The van der Waals surface area contributed by atoms with Crippen molar-refractivity contribution >= 4 is 22.8 Å². The predicted octanol–water partition coefficient (Wildman–Crippen LogP) is 2.49. The molecule has 0 atom stereocenters. The summed E-state index contributed by atoms with van der Waals surface area (Å²) in [5.74, 6) is 2.25. The second-order valence-electron chi connectivity index (χ2n) is 6.48. The van der Waals surface area contributed by atoms with E-state index in [2.05, 4.69) is 20.3 Å². The van der Waals surface area contributed by atoms with E-state index in [4.69, 9.17) is 4.42 Å². The van der Waals surface area contributed by atoms with Gasteiger partial charge in [0.15, 0.2) is 5.58 Å². The number of carbonyl (C=O) groups is 1. The van der Waals surface area contributed by atoms with Gasteiger partial charge in [0.25, 0.3) is 0 Å². The number of oxazole rings is 1. The molecule has 1 aliphatic heterocycles. The molecule has 26 heavy (non-hydrogen) atoms. The number of hydrogen-bond acceptors (Lipinski definition) is 6. The van der Waals surface area contributed by atoms with Crippen LogP contribution in [0.15, 0.2) is 28.7 Å². The number of carbonyl (C=O) groups excluding carboxylic acids is 1. The molecule has 1 aromatic carbocycles. The largest absolute Gasteiger partial charge is 0.439 e. The first-order valence-corrected chi connectivity index (χ1v) is 8.80. The van der Waals surface area contributed by atoms with E-state index in [1.54, 1.807) is 6.92 Å². The fourth-order valence-electron chi connectivity index (χ4n) is 3.34. The lowest BCUT2D eigenvalue weighted by Gasteiger charge is -2.17. The standard InChI is InChI=1S/C19H21N5O2/c1-12-21-15-8-10-24(13(2)25)9-7-14(15)19(22-12)20-11-18-23-16-5-3-4-6-17(16)26-18/h3-6H,7-11H2,1-2H3,(H,20,21,22). The topological polar surface area (TPSA) is 84.2 Å². The number of para-hydroxylation sites is 2. The van der Waals surface area contributed by atoms with E-state index in [1.165, 1.54) is 0 Å². The molecule has 3 heterocycles. The van der Waals surface area contributed by atoms with E-state index in [9.17, 15) is 4.79 Å². The number of anilines is 1. The maximum Gasteiger partial charge on any atom is 0.219 e. The van der Waals surface area contributed by atoms with Gasteiger partial charge in [-0.25, -0.2) is 15.0 Å². The number of aryl methyl sites for hydroxylation is 1. The van der Waals surface area contributed by atoms with Crippen molar-refractivity contribution in [1.29, 1.82) is 0 Å². The molecule has 0 aliphatic carbocycles. The van der Waals surface area contributed by atoms with Crippen LogP contribution in [0, 0.1) is 6.92 Å². The van der Waals surface area contributed by atoms with Gasteiger partial charge < -0.3 is 14.6 Å². The predicted molar refractivity (Wildman–Crippen MR) is 97.8 cm³/mol. The zero-order chi connectivity index (χ0) is 18.1. The minimum absolute atomic E-state index is 0.100. The van der Waals surface area contributed by atoms with Crippen LogP contribution < -0.4 is 5.32 Å². The Kier molecular flexibility index (Phi) is 4.28. The van der Waals surface area contributed by atoms with Gasteiger partial charge in [-0.3, -0.25) is 4.79 Å². The minimum atomic E-state index is 0.100. The van der Waals surface area contributed by atoms with Crippen molar-refractivity contribution in [3.8, 4) is 0 Å². The lowest BCUT2D eigenvalue weighted by Crippen LogP contribution is -2.31. The third-order valence-corrected chi connectivity index (χ3v) is 4.65. The lowest BCUT2D eigenvalue weighted by molar-refractivity contribution is -0.128. The molecule has 0 radical (unpaired) electrons. The fraction of sp³-hybridized carbons (Fsp3) is 0.368. The molecule has 0 unspecified atom stereocenters. The minimum Gasteiger partial charge on any atom is -0.439 e. The Morgan fingerprint density at radius 2 is 2.00 bits per heavy atom. The summed E-state index contributed by atoms with van der Waals surface area (Å²) in [4.78, 5) is 27.2. The van der Waals surface area contributed by atoms with Crippen LogP contribution in [0.5, 0.6) is 0 Å². The summed E-state index contributed by atoms with van der Waals surface area (Å²) in [5, 5.41) is 3.35. The first kappa shape index (κ1) is 16.5. The van der Waals surface area contributed by atoms with Crippen molar-refractivity contribution < 1.29 is 9.21 Å². The third kappa shape index (κ3) is 3.24. The van der Waals surface area contributed by atoms with E-state index in [1.807, 2.05) is 36.1 Å². The molecule has 4 rings (SSSR count). The van der Waals surface area contributed by atoms with Crippen molar-refractivity contribution in [3.05, 3.63) is 47.2 Å². The molecule has 1 amide bonds. The first-order chi connectivity index (χ1) is 12.6. The molecule has 0 saturated carbocycles. The number of fused-ring (bicyclic) bond motifs is 2. The molecular weight excluding hydrogens is 330 g/mol. The maximum atomic E-state index is 11.7. The van der Waals surface area contributed by atoms with Gasteiger partial charge in [0.2, 0.25) is 11.8 Å². The summed E-state index contributed by atoms with van der Waals surface area (Å²) in [6.07, 6.45) is 1.49. The highest BCUT2D eigenvalue weighted by atomic mass is 16.3. The normalized spacial score (nSPS) is 14.2. The smallest absolute Gasteiger partial charge is 0.219 e. The van der Waals surface area contributed by atoms with Crippen molar-refractivity contribution in [2.24, 2.45) is 0 Å². The number of hydrogen-bond donors (Lipinski definition) is 1. The Bertz CT molecular complexity index is 933. The number of rotatable bonds is 3. The molecule has 7 nitrogen and oxygen atoms in total. The summed E-state index contributed by atoms with van der Waals surface area (Å²) in [7, 11) is 0. The Morgan fingerprint density at radius 1 is 1.19 bits per heavy atom. The van der Waals surface area contributed by atoms with Crippen LogP contribution in [0.4, 0.5) is 5.82 Å². The summed E-state index contributed by atoms with van der Waals surface area (Å²) in [5.41, 5.74) is 3.72. The summed E-state index contributed by atoms with van der Waals surface area (Å²) in [6.45, 7) is 5.33. The molecule has 0 bridgehead atoms. The SMILES string of the molecule is CC(=O)N1CCc2nc(C)nc(NCc3nc4ccccc4o3)c2CC1. The van der Waals surface area contributed by atoms with E-state index in [0.717, 1.165) is 46.8 Å². The van der Waals surface area contributed by atoms with E-state index in [-0.39, 0.29) is 5.91 Å². The average molecular weight is 351 g/mol. The molecule has 3 aromatic rings. The first-order valence-electron chi connectivity index (χ1n) is 8.80. The molecule has 1 N–H and O–H groups in total. The number of amides is 1. The van der Waals surface area contributed by atoms with Crippen molar-refractivity contribution in [2.45, 2.75) is 33.2 Å². The molecule has 0 fully saturated rings. The third-order valence-electron chi connectivity index (χ3n) is 4.65. The van der Waals surface area contributed by atoms with Crippen LogP contribution in [0.2, 0.25) is 0 Å². The van der Waals surface area contributed by atoms with Crippen LogP contribution >= 0.6 is 0 Å². The molecular formula is C19H21N5O2. The number of nitrogens with zero attached hydrogens (tertiary/aromatic N) is 4. The quantitative estimate of drug-likeness (QED) is 0.780. The van der Waals surface area contributed by atoms with Crippen molar-refractivity contribution in [2.75, 3.05) is 18.4 Å². The number of aromatic nitrogens is 3. The summed E-state index contributed by atoms with van der Waals surface area (Å²) < 4.78 is 5.77. The number of nitrogens with one attached hydrogen (secondary N) is 1. The number of benzene rings is 1. The van der Waals surface area contributed by atoms with E-state index in [0.29, 0.717) is 25.5 Å². The highest BCUT2D eigenvalue weighted by Crippen LogP contribution is 2.23. The van der Waals surface area contributed by atoms with Gasteiger partial charge in [0.1, 0.15) is 17.2 Å². The van der Waals surface area contributed by atoms with Crippen LogP contribution in [0.25, 0.3) is 11.1 Å². The second-order valence-corrected chi connectivity index (χ2v) is 6.48. The lowest BCUT2D eigenvalue weighted by atomic mass is 10.1. The van der Waals surface area contributed by atoms with Crippen molar-refractivity contribution in [3.63, 3.8) is 0 Å². The zero-order valence-electron chi connectivity index (χ0n) is 15.0. The molecule has 0 spiro atoms. The molecule has 134 valence electrons. The average Bonchev–Trinajstić information content (AvgIpc) is 2.91. The Labute approximate surface area is 151 Å². The molecule has 7 heteroatoms. The van der Waals surface area contributed by atoms with E-state index < -0.39 is 0 Å². The molecule has 2 aromatic heterocycles. The van der Waals surface area contributed by atoms with Crippen LogP contribution in [0.3, 0.4) is 0 Å². The molecule has 0 saturated heterocycles. The van der Waals surface area contributed by atoms with Gasteiger partial charge >= 0.3 is 0 Å². The summed E-state index contributed by atoms with van der Waals surface area (Å²) in [6, 6.07) is 7.71. The monoisotopic (exact) mass is 351 g/mol. The van der Waals surface area contributed by atoms with Gasteiger partial charge in [0, 0.05) is 32.0 Å². The van der Waals surface area contributed by atoms with Gasteiger partial charge in [-0.15, -0.1) is 0 Å². The van der Waals surface area contributed by atoms with E-state index >= 15 is 0 Å². The van der Waals surface area contributed by atoms with Gasteiger partial charge in [-0.2, -0.15) is 0 Å². The van der Waals surface area contributed by atoms with Crippen LogP contribution in [0.1, 0.15) is 29.9 Å². The second kappa shape index (κ2) is 6.74. The Hall–Kier alpha value is -2.96. The maximum absolute atomic E-state index is 11.7. The van der Waals surface area contributed by atoms with Gasteiger partial charge in [-0.05, 0) is 25.5 Å². The van der Waals surface area contributed by atoms with Gasteiger partial charge in [-0.1, -0.05) is 12.1 Å². The van der Waals surface area contributed by atoms with Gasteiger partial charge in [0.05, 0.1) is 12.2 Å². The van der Waals surface area contributed by atoms with Crippen LogP contribution in [-0.4, -0.2) is 38.8 Å². The zero-order valence-corrected chi connectivity index (χ0v) is 15.0. The van der Waals surface area contributed by atoms with Crippen LogP contribution in [-0.2, 0) is 24.2 Å². The summed E-state index contributed by atoms with van der Waals surface area (Å²) >= 11 is 0. The highest BCUT2D eigenvalue weighted by molar-refractivity contribution is 5.73. The molecule has 1 aliphatic rings. The Morgan fingerprint density at radius 3 is 2.81 bits per heavy atom. The van der Waals surface area contributed by atoms with Crippen molar-refractivity contribution in [1.82, 2.24) is 19.9 Å². The Balaban J connectivity index is 1.57. The fourth-order valence-corrected chi connectivity index (χ4v) is 3.34. The highest BCUT2D eigenvalue weighted by Gasteiger charge is 2.21.